The third-order valence-electron chi connectivity index (χ3n) is 3.76. The van der Waals surface area contributed by atoms with Crippen molar-refractivity contribution in [3.05, 3.63) is 52.6 Å². The molecule has 0 aliphatic carbocycles. The van der Waals surface area contributed by atoms with E-state index in [0.717, 1.165) is 23.4 Å². The Labute approximate surface area is 127 Å². The number of hydrogen-bond donors (Lipinski definition) is 2. The van der Waals surface area contributed by atoms with Crippen molar-refractivity contribution in [1.29, 1.82) is 0 Å². The Morgan fingerprint density at radius 3 is 2.10 bits per heavy atom. The van der Waals surface area contributed by atoms with Gasteiger partial charge in [-0.15, -0.1) is 0 Å². The van der Waals surface area contributed by atoms with Gasteiger partial charge in [0.15, 0.2) is 0 Å². The molecule has 0 aliphatic heterocycles. The number of aromatic hydroxyl groups is 1. The van der Waals surface area contributed by atoms with Gasteiger partial charge in [-0.3, -0.25) is 0 Å². The van der Waals surface area contributed by atoms with Crippen LogP contribution in [0.5, 0.6) is 5.75 Å². The van der Waals surface area contributed by atoms with Crippen molar-refractivity contribution in [3.63, 3.8) is 0 Å². The number of phenols is 1. The minimum Gasteiger partial charge on any atom is -0.507 e. The average Bonchev–Trinajstić information content (AvgIpc) is 2.43. The molecule has 0 aliphatic rings. The first-order valence-electron chi connectivity index (χ1n) is 7.19. The van der Waals surface area contributed by atoms with Crippen molar-refractivity contribution in [2.24, 2.45) is 0 Å². The van der Waals surface area contributed by atoms with Crippen molar-refractivity contribution in [2.45, 2.75) is 27.3 Å². The predicted molar refractivity (Wildman–Crippen MR) is 90.4 cm³/mol. The maximum Gasteiger partial charge on any atom is 0.121 e. The molecule has 3 nitrogen and oxygen atoms in total. The number of rotatable bonds is 4. The molecule has 0 atom stereocenters. The first-order chi connectivity index (χ1) is 9.88. The summed E-state index contributed by atoms with van der Waals surface area (Å²) in [4.78, 5) is 2.10. The molecule has 0 saturated carbocycles. The number of nitrogens with one attached hydrogen (secondary N) is 1. The second kappa shape index (κ2) is 6.08. The molecule has 0 aromatic heterocycles. The van der Waals surface area contributed by atoms with E-state index in [-0.39, 0.29) is 0 Å². The minimum atomic E-state index is 0.394. The van der Waals surface area contributed by atoms with E-state index in [0.29, 0.717) is 5.75 Å². The van der Waals surface area contributed by atoms with Gasteiger partial charge >= 0.3 is 0 Å². The van der Waals surface area contributed by atoms with Gasteiger partial charge in [0, 0.05) is 32.0 Å². The number of aryl methyl sites for hydroxylation is 3. The highest BCUT2D eigenvalue weighted by Crippen LogP contribution is 2.25. The zero-order valence-electron chi connectivity index (χ0n) is 13.5. The number of benzene rings is 2. The Bertz CT molecular complexity index is 625. The van der Waals surface area contributed by atoms with Gasteiger partial charge < -0.3 is 15.3 Å². The van der Waals surface area contributed by atoms with Crippen molar-refractivity contribution in [3.8, 4) is 5.75 Å². The summed E-state index contributed by atoms with van der Waals surface area (Å²) in [5, 5.41) is 13.3. The summed E-state index contributed by atoms with van der Waals surface area (Å²) in [6, 6.07) is 10.5. The molecule has 21 heavy (non-hydrogen) atoms. The van der Waals surface area contributed by atoms with Gasteiger partial charge in [-0.1, -0.05) is 12.1 Å². The van der Waals surface area contributed by atoms with E-state index < -0.39 is 0 Å². The zero-order chi connectivity index (χ0) is 15.6. The highest BCUT2D eigenvalue weighted by Gasteiger charge is 2.05. The van der Waals surface area contributed by atoms with Gasteiger partial charge in [-0.2, -0.15) is 0 Å². The minimum absolute atomic E-state index is 0.394. The van der Waals surface area contributed by atoms with Crippen LogP contribution in [-0.4, -0.2) is 19.2 Å². The third kappa shape index (κ3) is 3.48. The van der Waals surface area contributed by atoms with Gasteiger partial charge in [0.1, 0.15) is 5.75 Å². The van der Waals surface area contributed by atoms with Crippen molar-refractivity contribution in [1.82, 2.24) is 0 Å². The summed E-state index contributed by atoms with van der Waals surface area (Å²) >= 11 is 0. The molecule has 0 heterocycles. The first-order valence-corrected chi connectivity index (χ1v) is 7.19. The molecule has 0 spiro atoms. The van der Waals surface area contributed by atoms with Crippen LogP contribution in [0.15, 0.2) is 30.3 Å². The van der Waals surface area contributed by atoms with Crippen LogP contribution >= 0.6 is 0 Å². The van der Waals surface area contributed by atoms with E-state index in [9.17, 15) is 5.11 Å². The van der Waals surface area contributed by atoms with E-state index in [1.165, 1.54) is 16.8 Å². The Morgan fingerprint density at radius 1 is 0.952 bits per heavy atom. The van der Waals surface area contributed by atoms with Crippen LogP contribution in [0.1, 0.15) is 22.3 Å². The monoisotopic (exact) mass is 284 g/mol. The lowest BCUT2D eigenvalue weighted by molar-refractivity contribution is 0.466. The van der Waals surface area contributed by atoms with Crippen LogP contribution in [0.25, 0.3) is 0 Å². The fourth-order valence-electron chi connectivity index (χ4n) is 2.47. The number of phenolic OH excluding ortho intramolecular Hbond substituents is 1. The fourth-order valence-corrected chi connectivity index (χ4v) is 2.47. The van der Waals surface area contributed by atoms with E-state index in [2.05, 4.69) is 35.3 Å². The van der Waals surface area contributed by atoms with Crippen LogP contribution < -0.4 is 10.2 Å². The predicted octanol–water partition coefficient (Wildman–Crippen LogP) is 4.00. The van der Waals surface area contributed by atoms with Crippen LogP contribution in [0.4, 0.5) is 11.4 Å². The van der Waals surface area contributed by atoms with Crippen molar-refractivity contribution >= 4 is 11.4 Å². The van der Waals surface area contributed by atoms with Gasteiger partial charge in [-0.05, 0) is 61.2 Å². The topological polar surface area (TPSA) is 35.5 Å². The second-order valence-corrected chi connectivity index (χ2v) is 5.83. The first kappa shape index (κ1) is 15.2. The van der Waals surface area contributed by atoms with Crippen molar-refractivity contribution < 1.29 is 5.11 Å². The van der Waals surface area contributed by atoms with E-state index in [4.69, 9.17) is 0 Å². The van der Waals surface area contributed by atoms with Crippen molar-refractivity contribution in [2.75, 3.05) is 24.3 Å². The van der Waals surface area contributed by atoms with Gasteiger partial charge in [0.25, 0.3) is 0 Å². The summed E-state index contributed by atoms with van der Waals surface area (Å²) in [5.74, 6) is 0.394. The molecule has 2 N–H and O–H groups in total. The summed E-state index contributed by atoms with van der Waals surface area (Å²) in [6.45, 7) is 6.73. The molecule has 3 heteroatoms. The largest absolute Gasteiger partial charge is 0.507 e. The standard InChI is InChI=1S/C18H24N2O/c1-12-10-16(20(4)5)6-7-17(12)19-11-15-8-13(2)18(21)14(3)9-15/h6-10,19,21H,11H2,1-5H3. The number of hydrogen-bond acceptors (Lipinski definition) is 3. The zero-order valence-corrected chi connectivity index (χ0v) is 13.5. The summed E-state index contributed by atoms with van der Waals surface area (Å²) in [7, 11) is 4.09. The number of nitrogens with zero attached hydrogens (tertiary/aromatic N) is 1. The Kier molecular flexibility index (Phi) is 4.41. The Balaban J connectivity index is 2.13. The van der Waals surface area contributed by atoms with Gasteiger partial charge in [0.05, 0.1) is 0 Å². The van der Waals surface area contributed by atoms with Crippen LogP contribution in [0.2, 0.25) is 0 Å². The lowest BCUT2D eigenvalue weighted by Gasteiger charge is -2.16. The number of anilines is 2. The molecule has 0 saturated heterocycles. The molecular formula is C18H24N2O. The maximum absolute atomic E-state index is 9.82. The molecule has 2 aromatic rings. The molecule has 2 rings (SSSR count). The summed E-state index contributed by atoms with van der Waals surface area (Å²) < 4.78 is 0. The SMILES string of the molecule is Cc1cc(N(C)C)ccc1NCc1cc(C)c(O)c(C)c1. The lowest BCUT2D eigenvalue weighted by atomic mass is 10.1. The Hall–Kier alpha value is -2.16. The summed E-state index contributed by atoms with van der Waals surface area (Å²) in [5.41, 5.74) is 6.60. The molecule has 0 fully saturated rings. The maximum atomic E-state index is 9.82. The summed E-state index contributed by atoms with van der Waals surface area (Å²) in [6.07, 6.45) is 0. The van der Waals surface area contributed by atoms with E-state index in [1.54, 1.807) is 0 Å². The van der Waals surface area contributed by atoms with Crippen LogP contribution in [-0.2, 0) is 6.54 Å². The molecular weight excluding hydrogens is 260 g/mol. The van der Waals surface area contributed by atoms with E-state index in [1.807, 2.05) is 40.1 Å². The normalized spacial score (nSPS) is 10.5. The Morgan fingerprint density at radius 2 is 1.57 bits per heavy atom. The fraction of sp³-hybridized carbons (Fsp3) is 0.333. The second-order valence-electron chi connectivity index (χ2n) is 5.83. The van der Waals surface area contributed by atoms with Gasteiger partial charge in [0.2, 0.25) is 0 Å². The molecule has 2 aromatic carbocycles. The lowest BCUT2D eigenvalue weighted by Crippen LogP contribution is -2.09. The smallest absolute Gasteiger partial charge is 0.121 e. The molecule has 112 valence electrons. The average molecular weight is 284 g/mol. The molecule has 0 radical (unpaired) electrons. The molecule has 0 unspecified atom stereocenters. The quantitative estimate of drug-likeness (QED) is 0.891. The highest BCUT2D eigenvalue weighted by atomic mass is 16.3. The highest BCUT2D eigenvalue weighted by molar-refractivity contribution is 5.60. The van der Waals surface area contributed by atoms with Gasteiger partial charge in [-0.25, -0.2) is 0 Å². The van der Waals surface area contributed by atoms with Crippen LogP contribution in [0.3, 0.4) is 0 Å². The van der Waals surface area contributed by atoms with Crippen LogP contribution in [0, 0.1) is 20.8 Å². The molecule has 0 amide bonds. The molecule has 0 bridgehead atoms. The van der Waals surface area contributed by atoms with E-state index >= 15 is 0 Å². The third-order valence-corrected chi connectivity index (χ3v) is 3.76.